The first-order valence-corrected chi connectivity index (χ1v) is 9.28. The smallest absolute Gasteiger partial charge is 0.322 e. The van der Waals surface area contributed by atoms with Gasteiger partial charge in [-0.05, 0) is 31.2 Å². The van der Waals surface area contributed by atoms with Crippen LogP contribution in [0.1, 0.15) is 23.9 Å². The number of hydrogen-bond donors (Lipinski definition) is 2. The van der Waals surface area contributed by atoms with Crippen LogP contribution in [0, 0.1) is 5.82 Å². The normalized spacial score (nSPS) is 19.9. The van der Waals surface area contributed by atoms with Crippen molar-refractivity contribution in [2.45, 2.75) is 18.9 Å². The predicted octanol–water partition coefficient (Wildman–Crippen LogP) is 1.96. The van der Waals surface area contributed by atoms with Gasteiger partial charge in [-0.2, -0.15) is 0 Å². The van der Waals surface area contributed by atoms with E-state index in [1.54, 1.807) is 11.1 Å². The zero-order chi connectivity index (χ0) is 19.8. The minimum absolute atomic E-state index is 0.0350. The van der Waals surface area contributed by atoms with E-state index in [9.17, 15) is 14.0 Å². The predicted molar refractivity (Wildman–Crippen MR) is 103 cm³/mol. The summed E-state index contributed by atoms with van der Waals surface area (Å²) in [5, 5.41) is 5.38. The number of anilines is 2. The molecule has 2 N–H and O–H groups in total. The Kier molecular flexibility index (Phi) is 4.76. The Hall–Kier alpha value is -2.94. The lowest BCUT2D eigenvalue weighted by molar-refractivity contribution is -0.116. The molecular weight excluding hydrogens is 363 g/mol. The number of amides is 3. The number of rotatable bonds is 2. The molecule has 4 rings (SSSR count). The average molecular weight is 386 g/mol. The maximum absolute atomic E-state index is 14.4. The Morgan fingerprint density at radius 2 is 2.11 bits per heavy atom. The van der Waals surface area contributed by atoms with Crippen molar-refractivity contribution in [1.82, 2.24) is 19.4 Å². The summed E-state index contributed by atoms with van der Waals surface area (Å²) in [4.78, 5) is 32.6. The molecule has 1 aromatic heterocycles. The van der Waals surface area contributed by atoms with E-state index >= 15 is 0 Å². The lowest BCUT2D eigenvalue weighted by Gasteiger charge is -2.38. The molecule has 3 amide bonds. The number of urea groups is 1. The minimum Gasteiger partial charge on any atom is -0.337 e. The molecule has 8 nitrogen and oxygen atoms in total. The van der Waals surface area contributed by atoms with Crippen molar-refractivity contribution in [3.8, 4) is 0 Å². The number of aromatic nitrogens is 2. The lowest BCUT2D eigenvalue weighted by atomic mass is 10.0. The van der Waals surface area contributed by atoms with Crippen LogP contribution < -0.4 is 10.6 Å². The zero-order valence-electron chi connectivity index (χ0n) is 15.9. The maximum atomic E-state index is 14.4. The number of nitrogens with zero attached hydrogens (tertiary/aromatic N) is 4. The fourth-order valence-electron chi connectivity index (χ4n) is 3.72. The highest BCUT2D eigenvalue weighted by Crippen LogP contribution is 2.29. The molecule has 1 unspecified atom stereocenters. The standard InChI is InChI=1S/C19H23FN6O2/c1-24-7-8-26(11-16(24)18-21-5-6-25(18)2)19(28)23-15-10-14-12(9-13(15)20)3-4-17(27)22-14/h5-6,9-10,16H,3-4,7-8,11H2,1-2H3,(H,22,27)(H,23,28). The highest BCUT2D eigenvalue weighted by Gasteiger charge is 2.31. The first kappa shape index (κ1) is 18.4. The number of piperazine rings is 1. The van der Waals surface area contributed by atoms with E-state index in [4.69, 9.17) is 0 Å². The molecule has 0 saturated carbocycles. The number of halogens is 1. The van der Waals surface area contributed by atoms with Crippen LogP contribution in [0.25, 0.3) is 0 Å². The average Bonchev–Trinajstić information content (AvgIpc) is 3.08. The molecule has 1 saturated heterocycles. The zero-order valence-corrected chi connectivity index (χ0v) is 15.9. The van der Waals surface area contributed by atoms with Gasteiger partial charge in [-0.1, -0.05) is 0 Å². The Morgan fingerprint density at radius 1 is 1.29 bits per heavy atom. The van der Waals surface area contributed by atoms with Crippen molar-refractivity contribution in [3.05, 3.63) is 41.7 Å². The second-order valence-corrected chi connectivity index (χ2v) is 7.31. The quantitative estimate of drug-likeness (QED) is 0.827. The van der Waals surface area contributed by atoms with Crippen LogP contribution in [-0.2, 0) is 18.3 Å². The summed E-state index contributed by atoms with van der Waals surface area (Å²) in [6.07, 6.45) is 4.45. The summed E-state index contributed by atoms with van der Waals surface area (Å²) in [7, 11) is 3.92. The first-order valence-electron chi connectivity index (χ1n) is 9.28. The van der Waals surface area contributed by atoms with Gasteiger partial charge in [-0.25, -0.2) is 14.2 Å². The number of benzene rings is 1. The van der Waals surface area contributed by atoms with Gasteiger partial charge in [0, 0.05) is 51.2 Å². The van der Waals surface area contributed by atoms with Gasteiger partial charge in [0.05, 0.1) is 11.7 Å². The van der Waals surface area contributed by atoms with Crippen molar-refractivity contribution in [3.63, 3.8) is 0 Å². The van der Waals surface area contributed by atoms with Crippen LogP contribution in [0.2, 0.25) is 0 Å². The summed E-state index contributed by atoms with van der Waals surface area (Å²) in [5.74, 6) is 0.272. The molecule has 28 heavy (non-hydrogen) atoms. The van der Waals surface area contributed by atoms with Gasteiger partial charge < -0.3 is 20.1 Å². The van der Waals surface area contributed by atoms with E-state index in [1.165, 1.54) is 12.1 Å². The third-order valence-corrected chi connectivity index (χ3v) is 5.42. The second kappa shape index (κ2) is 7.23. The summed E-state index contributed by atoms with van der Waals surface area (Å²) >= 11 is 0. The highest BCUT2D eigenvalue weighted by atomic mass is 19.1. The topological polar surface area (TPSA) is 82.5 Å². The van der Waals surface area contributed by atoms with Gasteiger partial charge in [-0.15, -0.1) is 0 Å². The first-order chi connectivity index (χ1) is 13.4. The molecule has 0 aliphatic carbocycles. The van der Waals surface area contributed by atoms with E-state index in [1.807, 2.05) is 24.9 Å². The van der Waals surface area contributed by atoms with Crippen LogP contribution in [0.3, 0.4) is 0 Å². The van der Waals surface area contributed by atoms with Crippen LogP contribution in [0.4, 0.5) is 20.6 Å². The molecule has 0 radical (unpaired) electrons. The number of aryl methyl sites for hydroxylation is 2. The summed E-state index contributed by atoms with van der Waals surface area (Å²) in [6, 6.07) is 2.47. The monoisotopic (exact) mass is 386 g/mol. The van der Waals surface area contributed by atoms with E-state index in [0.717, 1.165) is 11.4 Å². The van der Waals surface area contributed by atoms with E-state index in [-0.39, 0.29) is 23.7 Å². The van der Waals surface area contributed by atoms with E-state index in [0.29, 0.717) is 38.2 Å². The largest absolute Gasteiger partial charge is 0.337 e. The van der Waals surface area contributed by atoms with Gasteiger partial charge in [0.2, 0.25) is 5.91 Å². The second-order valence-electron chi connectivity index (χ2n) is 7.31. The molecule has 2 aliphatic rings. The van der Waals surface area contributed by atoms with Gasteiger partial charge in [-0.3, -0.25) is 9.69 Å². The fourth-order valence-corrected chi connectivity index (χ4v) is 3.72. The number of carbonyl (C=O) groups is 2. The summed E-state index contributed by atoms with van der Waals surface area (Å²) in [6.45, 7) is 1.68. The van der Waals surface area contributed by atoms with Crippen molar-refractivity contribution in [2.24, 2.45) is 7.05 Å². The lowest BCUT2D eigenvalue weighted by Crippen LogP contribution is -2.50. The van der Waals surface area contributed by atoms with E-state index in [2.05, 4.69) is 20.5 Å². The van der Waals surface area contributed by atoms with Crippen molar-refractivity contribution >= 4 is 23.3 Å². The highest BCUT2D eigenvalue weighted by molar-refractivity contribution is 5.96. The number of imidazole rings is 1. The molecule has 2 aromatic rings. The Labute approximate surface area is 162 Å². The molecule has 1 fully saturated rings. The van der Waals surface area contributed by atoms with Crippen LogP contribution in [-0.4, -0.2) is 58.0 Å². The maximum Gasteiger partial charge on any atom is 0.322 e. The Balaban J connectivity index is 1.50. The molecule has 0 spiro atoms. The molecule has 148 valence electrons. The van der Waals surface area contributed by atoms with Crippen LogP contribution in [0.5, 0.6) is 0 Å². The van der Waals surface area contributed by atoms with Crippen molar-refractivity contribution in [2.75, 3.05) is 37.3 Å². The Morgan fingerprint density at radius 3 is 2.86 bits per heavy atom. The SMILES string of the molecule is CN1CCN(C(=O)Nc2cc3c(cc2F)CCC(=O)N3)CC1c1nccn1C. The van der Waals surface area contributed by atoms with Crippen molar-refractivity contribution < 1.29 is 14.0 Å². The molecule has 2 aliphatic heterocycles. The minimum atomic E-state index is -0.502. The number of likely N-dealkylation sites (N-methyl/N-ethyl adjacent to an activating group) is 1. The van der Waals surface area contributed by atoms with Crippen LogP contribution >= 0.6 is 0 Å². The third kappa shape index (κ3) is 3.45. The molecule has 9 heteroatoms. The van der Waals surface area contributed by atoms with Gasteiger partial charge in [0.15, 0.2) is 0 Å². The number of nitrogens with one attached hydrogen (secondary N) is 2. The fraction of sp³-hybridized carbons (Fsp3) is 0.421. The summed E-state index contributed by atoms with van der Waals surface area (Å²) in [5.41, 5.74) is 1.36. The number of fused-ring (bicyclic) bond motifs is 1. The number of carbonyl (C=O) groups excluding carboxylic acids is 2. The molecule has 1 aromatic carbocycles. The molecule has 0 bridgehead atoms. The third-order valence-electron chi connectivity index (χ3n) is 5.42. The van der Waals surface area contributed by atoms with Crippen LogP contribution in [0.15, 0.2) is 24.5 Å². The Bertz CT molecular complexity index is 927. The molecular formula is C19H23FN6O2. The number of hydrogen-bond acceptors (Lipinski definition) is 4. The van der Waals surface area contributed by atoms with Gasteiger partial charge >= 0.3 is 6.03 Å². The van der Waals surface area contributed by atoms with Gasteiger partial charge in [0.1, 0.15) is 11.6 Å². The summed E-state index contributed by atoms with van der Waals surface area (Å²) < 4.78 is 16.4. The van der Waals surface area contributed by atoms with Gasteiger partial charge in [0.25, 0.3) is 0 Å². The molecule has 1 atom stereocenters. The van der Waals surface area contributed by atoms with Crippen molar-refractivity contribution in [1.29, 1.82) is 0 Å². The molecule has 3 heterocycles. The van der Waals surface area contributed by atoms with E-state index < -0.39 is 5.82 Å².